The molecule has 2 heterocycles. The Kier molecular flexibility index (Phi) is 7.35. The lowest BCUT2D eigenvalue weighted by molar-refractivity contribution is -0.123. The molecule has 2 aliphatic rings. The number of hydrogen-bond donors (Lipinski definition) is 1. The molecule has 1 N–H and O–H groups in total. The highest BCUT2D eigenvalue weighted by Crippen LogP contribution is 2.38. The number of para-hydroxylation sites is 1. The van der Waals surface area contributed by atoms with E-state index in [4.69, 9.17) is 0 Å². The monoisotopic (exact) mass is 501 g/mol. The van der Waals surface area contributed by atoms with Gasteiger partial charge in [-0.05, 0) is 55.5 Å². The molecule has 1 unspecified atom stereocenters. The quantitative estimate of drug-likeness (QED) is 0.645. The molecule has 2 amide bonds. The van der Waals surface area contributed by atoms with Crippen LogP contribution in [0.3, 0.4) is 0 Å². The molecule has 2 aliphatic heterocycles. The summed E-state index contributed by atoms with van der Waals surface area (Å²) in [6.07, 6.45) is 2.47. The zero-order valence-electron chi connectivity index (χ0n) is 19.8. The first-order chi connectivity index (χ1) is 16.2. The molecule has 0 saturated carbocycles. The van der Waals surface area contributed by atoms with Gasteiger partial charge in [-0.3, -0.25) is 9.59 Å². The topological polar surface area (TPSA) is 86.8 Å². The highest BCUT2D eigenvalue weighted by atomic mass is 32.2. The van der Waals surface area contributed by atoms with Crippen molar-refractivity contribution < 1.29 is 18.0 Å². The fourth-order valence-electron chi connectivity index (χ4n) is 4.43. The highest BCUT2D eigenvalue weighted by molar-refractivity contribution is 7.99. The van der Waals surface area contributed by atoms with Crippen molar-refractivity contribution in [1.82, 2.24) is 4.31 Å². The van der Waals surface area contributed by atoms with Gasteiger partial charge < -0.3 is 10.2 Å². The van der Waals surface area contributed by atoms with Crippen LogP contribution in [0.2, 0.25) is 0 Å². The third-order valence-corrected chi connectivity index (χ3v) is 9.62. The number of amides is 2. The number of anilines is 2. The van der Waals surface area contributed by atoms with Crippen LogP contribution in [0.15, 0.2) is 46.2 Å². The Balaban J connectivity index is 1.67. The van der Waals surface area contributed by atoms with E-state index in [1.165, 1.54) is 21.0 Å². The van der Waals surface area contributed by atoms with Crippen LogP contribution in [0.5, 0.6) is 0 Å². The molecule has 9 heteroatoms. The Morgan fingerprint density at radius 3 is 2.62 bits per heavy atom. The van der Waals surface area contributed by atoms with Crippen LogP contribution in [0.25, 0.3) is 0 Å². The van der Waals surface area contributed by atoms with Gasteiger partial charge in [-0.1, -0.05) is 32.0 Å². The summed E-state index contributed by atoms with van der Waals surface area (Å²) in [5, 5.41) is 2.99. The minimum atomic E-state index is -3.64. The lowest BCUT2D eigenvalue weighted by Gasteiger charge is -2.25. The highest BCUT2D eigenvalue weighted by Gasteiger charge is 2.33. The number of rotatable bonds is 6. The van der Waals surface area contributed by atoms with Crippen LogP contribution in [0, 0.1) is 12.8 Å². The van der Waals surface area contributed by atoms with E-state index in [0.29, 0.717) is 24.5 Å². The summed E-state index contributed by atoms with van der Waals surface area (Å²) in [6.45, 7) is 6.64. The number of carbonyl (C=O) groups is 2. The Morgan fingerprint density at radius 2 is 1.91 bits per heavy atom. The summed E-state index contributed by atoms with van der Waals surface area (Å²) >= 11 is 1.51. The summed E-state index contributed by atoms with van der Waals surface area (Å²) in [6, 6.07) is 10.8. The Hall–Kier alpha value is -2.36. The maximum atomic E-state index is 13.3. The number of nitrogens with one attached hydrogen (secondary N) is 1. The average molecular weight is 502 g/mol. The fourth-order valence-corrected chi connectivity index (χ4v) is 7.02. The second kappa shape index (κ2) is 10.1. The molecule has 0 aromatic heterocycles. The number of hydrogen-bond acceptors (Lipinski definition) is 5. The number of thioether (sulfide) groups is 1. The first-order valence-electron chi connectivity index (χ1n) is 11.7. The normalized spacial score (nSPS) is 19.1. The van der Waals surface area contributed by atoms with Crippen molar-refractivity contribution in [3.63, 3.8) is 0 Å². The van der Waals surface area contributed by atoms with Crippen molar-refractivity contribution in [2.75, 3.05) is 35.6 Å². The van der Waals surface area contributed by atoms with Gasteiger partial charge in [0.1, 0.15) is 6.54 Å². The Labute approximate surface area is 205 Å². The first kappa shape index (κ1) is 24.8. The van der Waals surface area contributed by atoms with Gasteiger partial charge in [0.25, 0.3) is 0 Å². The molecule has 1 atom stereocenters. The van der Waals surface area contributed by atoms with Crippen molar-refractivity contribution in [3.8, 4) is 0 Å². The third kappa shape index (κ3) is 4.87. The van der Waals surface area contributed by atoms with Crippen LogP contribution in [-0.4, -0.2) is 49.9 Å². The van der Waals surface area contributed by atoms with Crippen LogP contribution in [0.1, 0.15) is 37.8 Å². The number of aryl methyl sites for hydroxylation is 2. The minimum Gasteiger partial charge on any atom is -0.324 e. The maximum Gasteiger partial charge on any atom is 0.244 e. The molecule has 0 radical (unpaired) electrons. The first-order valence-corrected chi connectivity index (χ1v) is 14.1. The number of fused-ring (bicyclic) bond motifs is 1. The van der Waals surface area contributed by atoms with Gasteiger partial charge in [0.05, 0.1) is 10.6 Å². The van der Waals surface area contributed by atoms with E-state index in [9.17, 15) is 18.0 Å². The lowest BCUT2D eigenvalue weighted by atomic mass is 10.1. The molecule has 182 valence electrons. The zero-order chi connectivity index (χ0) is 24.5. The molecule has 7 nitrogen and oxygen atoms in total. The predicted molar refractivity (Wildman–Crippen MR) is 136 cm³/mol. The Morgan fingerprint density at radius 1 is 1.18 bits per heavy atom. The van der Waals surface area contributed by atoms with E-state index >= 15 is 0 Å². The number of carbonyl (C=O) groups excluding carboxylic acids is 2. The molecule has 2 aromatic rings. The molecule has 0 bridgehead atoms. The van der Waals surface area contributed by atoms with Crippen molar-refractivity contribution in [2.24, 2.45) is 5.92 Å². The van der Waals surface area contributed by atoms with E-state index in [0.717, 1.165) is 41.0 Å². The van der Waals surface area contributed by atoms with E-state index in [2.05, 4.69) is 5.32 Å². The lowest BCUT2D eigenvalue weighted by Crippen LogP contribution is -2.41. The molecule has 0 spiro atoms. The molecular formula is C25H31N3O4S2. The van der Waals surface area contributed by atoms with Gasteiger partial charge in [-0.2, -0.15) is 4.31 Å². The van der Waals surface area contributed by atoms with Crippen molar-refractivity contribution >= 4 is 45.0 Å². The smallest absolute Gasteiger partial charge is 0.244 e. The summed E-state index contributed by atoms with van der Waals surface area (Å²) < 4.78 is 27.8. The number of nitrogens with zero attached hydrogens (tertiary/aromatic N) is 2. The van der Waals surface area contributed by atoms with Crippen LogP contribution >= 0.6 is 11.8 Å². The van der Waals surface area contributed by atoms with Crippen LogP contribution < -0.4 is 10.2 Å². The van der Waals surface area contributed by atoms with Gasteiger partial charge in [-0.15, -0.1) is 11.8 Å². The largest absolute Gasteiger partial charge is 0.324 e. The maximum absolute atomic E-state index is 13.3. The molecule has 0 aliphatic carbocycles. The fraction of sp³-hybridized carbons (Fsp3) is 0.440. The molecule has 34 heavy (non-hydrogen) atoms. The predicted octanol–water partition coefficient (Wildman–Crippen LogP) is 4.06. The van der Waals surface area contributed by atoms with Crippen molar-refractivity contribution in [3.05, 3.63) is 47.5 Å². The Bertz CT molecular complexity index is 1210. The zero-order valence-corrected chi connectivity index (χ0v) is 21.5. The van der Waals surface area contributed by atoms with E-state index in [1.807, 2.05) is 39.0 Å². The summed E-state index contributed by atoms with van der Waals surface area (Å²) in [5.74, 6) is -0.221. The second-order valence-electron chi connectivity index (χ2n) is 8.89. The SMILES string of the molecule is CCc1cccc(C)c1NC(=O)CN1C(=O)C(C)CSc2ccc(S(=O)(=O)N3CCCC3)cc21. The van der Waals surface area contributed by atoms with Gasteiger partial charge in [0.15, 0.2) is 0 Å². The number of sulfonamides is 1. The standard InChI is InChI=1S/C25H31N3O4S2/c1-4-19-9-7-8-17(2)24(19)26-23(29)15-28-21-14-20(34(31,32)27-12-5-6-13-27)10-11-22(21)33-16-18(3)25(28)30/h7-11,14,18H,4-6,12-13,15-16H2,1-3H3,(H,26,29). The van der Waals surface area contributed by atoms with E-state index in [1.54, 1.807) is 18.2 Å². The third-order valence-electron chi connectivity index (χ3n) is 6.41. The summed E-state index contributed by atoms with van der Waals surface area (Å²) in [5.41, 5.74) is 3.23. The van der Waals surface area contributed by atoms with Crippen LogP contribution in [0.4, 0.5) is 11.4 Å². The average Bonchev–Trinajstić information content (AvgIpc) is 3.34. The van der Waals surface area contributed by atoms with Gasteiger partial charge >= 0.3 is 0 Å². The van der Waals surface area contributed by atoms with Gasteiger partial charge in [0, 0.05) is 35.3 Å². The number of benzene rings is 2. The van der Waals surface area contributed by atoms with E-state index < -0.39 is 10.0 Å². The minimum absolute atomic E-state index is 0.161. The molecule has 1 fully saturated rings. The molecular weight excluding hydrogens is 470 g/mol. The molecule has 4 rings (SSSR count). The van der Waals surface area contributed by atoms with Crippen molar-refractivity contribution in [1.29, 1.82) is 0 Å². The van der Waals surface area contributed by atoms with Gasteiger partial charge in [-0.25, -0.2) is 8.42 Å². The summed E-state index contributed by atoms with van der Waals surface area (Å²) in [4.78, 5) is 28.8. The van der Waals surface area contributed by atoms with Crippen LogP contribution in [-0.2, 0) is 26.0 Å². The van der Waals surface area contributed by atoms with E-state index in [-0.39, 0.29) is 29.2 Å². The second-order valence-corrected chi connectivity index (χ2v) is 11.9. The molecule has 2 aromatic carbocycles. The summed E-state index contributed by atoms with van der Waals surface area (Å²) in [7, 11) is -3.64. The van der Waals surface area contributed by atoms with Crippen molar-refractivity contribution in [2.45, 2.75) is 49.8 Å². The van der Waals surface area contributed by atoms with Gasteiger partial charge in [0.2, 0.25) is 21.8 Å². The molecule has 1 saturated heterocycles.